The molecule has 2 saturated heterocycles. The van der Waals surface area contributed by atoms with E-state index in [9.17, 15) is 9.50 Å². The number of methoxy groups -OCH3 is 1. The maximum atomic E-state index is 17.0. The third kappa shape index (κ3) is 6.60. The van der Waals surface area contributed by atoms with Crippen molar-refractivity contribution in [3.8, 4) is 28.9 Å². The molecule has 7 rings (SSSR count). The van der Waals surface area contributed by atoms with Gasteiger partial charge >= 0.3 is 6.01 Å². The molecule has 0 amide bonds. The monoisotopic (exact) mass is 676 g/mol. The molecule has 49 heavy (non-hydrogen) atoms. The zero-order valence-corrected chi connectivity index (χ0v) is 26.9. The summed E-state index contributed by atoms with van der Waals surface area (Å²) >= 11 is 0. The van der Waals surface area contributed by atoms with Crippen molar-refractivity contribution in [2.24, 2.45) is 0 Å². The lowest BCUT2D eigenvalue weighted by Crippen LogP contribution is -2.43. The number of aryl methyl sites for hydroxylation is 1. The summed E-state index contributed by atoms with van der Waals surface area (Å²) in [7, 11) is 1.45. The van der Waals surface area contributed by atoms with Gasteiger partial charge in [-0.15, -0.1) is 0 Å². The van der Waals surface area contributed by atoms with Crippen molar-refractivity contribution in [1.29, 1.82) is 0 Å². The molecule has 9 nitrogen and oxygen atoms in total. The van der Waals surface area contributed by atoms with E-state index in [-0.39, 0.29) is 77.2 Å². The predicted molar refractivity (Wildman–Crippen MR) is 177 cm³/mol. The van der Waals surface area contributed by atoms with Gasteiger partial charge in [0.05, 0.1) is 13.7 Å². The number of aliphatic hydroxyl groups is 1. The van der Waals surface area contributed by atoms with Gasteiger partial charge in [0.15, 0.2) is 12.6 Å². The number of fused-ring (bicyclic) bond motifs is 3. The van der Waals surface area contributed by atoms with Gasteiger partial charge in [-0.3, -0.25) is 9.88 Å². The second-order valence-corrected chi connectivity index (χ2v) is 12.4. The number of rotatable bonds is 13. The standard InChI is InChI=1S/C37H37F3N4O5/c1-46-22-49-26-15-24-10-11-30(39)27(9-5-14-45)31(24)28(16-26)33-32(40)34-29(18-41-33)35(47-20-23-7-3-2-4-8-23)43-36(42-34)48-21-37-12-6-13-44(37)19-25(38)17-37/h2-4,7-8,10-11,15-16,18,25,45H,5-6,9,12-14,17,19-22H2,1H3/t25-,37+/m1/s1/i14D2. The third-order valence-corrected chi connectivity index (χ3v) is 9.30. The highest BCUT2D eigenvalue weighted by Gasteiger charge is 2.49. The summed E-state index contributed by atoms with van der Waals surface area (Å²) in [6, 6.07) is 15.1. The summed E-state index contributed by atoms with van der Waals surface area (Å²) in [6.45, 7) is -1.35. The normalized spacial score (nSPS) is 20.0. The first-order chi connectivity index (χ1) is 24.5. The number of nitrogens with zero attached hydrogens (tertiary/aromatic N) is 4. The molecule has 0 saturated carbocycles. The summed E-state index contributed by atoms with van der Waals surface area (Å²) < 4.78 is 85.2. The molecule has 4 heterocycles. The van der Waals surface area contributed by atoms with Crippen molar-refractivity contribution in [2.75, 3.05) is 40.2 Å². The highest BCUT2D eigenvalue weighted by molar-refractivity contribution is 6.01. The lowest BCUT2D eigenvalue weighted by molar-refractivity contribution is 0.0512. The molecule has 256 valence electrons. The predicted octanol–water partition coefficient (Wildman–Crippen LogP) is 6.57. The molecule has 12 heteroatoms. The minimum atomic E-state index is -2.56. The molecule has 0 spiro atoms. The molecule has 2 fully saturated rings. The van der Waals surface area contributed by atoms with E-state index >= 15 is 8.78 Å². The van der Waals surface area contributed by atoms with Gasteiger partial charge in [-0.1, -0.05) is 36.4 Å². The summed E-state index contributed by atoms with van der Waals surface area (Å²) in [5.74, 6) is -1.20. The van der Waals surface area contributed by atoms with E-state index in [1.165, 1.54) is 31.5 Å². The summed E-state index contributed by atoms with van der Waals surface area (Å²) in [4.78, 5) is 15.6. The molecule has 0 unspecified atom stereocenters. The molecule has 3 aromatic carbocycles. The van der Waals surface area contributed by atoms with Crippen LogP contribution in [-0.4, -0.2) is 76.8 Å². The lowest BCUT2D eigenvalue weighted by Gasteiger charge is -2.30. The number of hydrogen-bond donors (Lipinski definition) is 1. The lowest BCUT2D eigenvalue weighted by atomic mass is 9.93. The number of halogens is 3. The van der Waals surface area contributed by atoms with Crippen molar-refractivity contribution < 1.29 is 40.0 Å². The van der Waals surface area contributed by atoms with Gasteiger partial charge in [-0.25, -0.2) is 13.2 Å². The first-order valence-corrected chi connectivity index (χ1v) is 16.2. The van der Waals surface area contributed by atoms with Crippen LogP contribution in [0, 0.1) is 11.6 Å². The van der Waals surface area contributed by atoms with Gasteiger partial charge in [0.2, 0.25) is 5.88 Å². The van der Waals surface area contributed by atoms with Crippen LogP contribution in [0.4, 0.5) is 13.2 Å². The highest BCUT2D eigenvalue weighted by atomic mass is 19.1. The second-order valence-electron chi connectivity index (χ2n) is 12.4. The molecular weight excluding hydrogens is 637 g/mol. The Bertz CT molecular complexity index is 2060. The number of aromatic nitrogens is 3. The Hall–Kier alpha value is -4.52. The van der Waals surface area contributed by atoms with Crippen LogP contribution < -0.4 is 14.2 Å². The minimum Gasteiger partial charge on any atom is -0.472 e. The van der Waals surface area contributed by atoms with E-state index < -0.39 is 36.3 Å². The first kappa shape index (κ1) is 30.5. The van der Waals surface area contributed by atoms with Crippen molar-refractivity contribution in [3.05, 3.63) is 83.6 Å². The smallest absolute Gasteiger partial charge is 0.320 e. The van der Waals surface area contributed by atoms with Gasteiger partial charge < -0.3 is 24.1 Å². The van der Waals surface area contributed by atoms with E-state index in [0.717, 1.165) is 24.9 Å². The van der Waals surface area contributed by atoms with Gasteiger partial charge in [0, 0.05) is 38.4 Å². The molecule has 2 atom stereocenters. The van der Waals surface area contributed by atoms with Crippen LogP contribution in [0.15, 0.2) is 60.8 Å². The van der Waals surface area contributed by atoms with Crippen LogP contribution in [0.5, 0.6) is 17.6 Å². The van der Waals surface area contributed by atoms with Gasteiger partial charge in [-0.2, -0.15) is 9.97 Å². The van der Waals surface area contributed by atoms with Gasteiger partial charge in [-0.05, 0) is 72.3 Å². The Kier molecular flexibility index (Phi) is 8.81. The van der Waals surface area contributed by atoms with E-state index in [1.54, 1.807) is 6.07 Å². The summed E-state index contributed by atoms with van der Waals surface area (Å²) in [5, 5.41) is 10.7. The quantitative estimate of drug-likeness (QED) is 0.139. The van der Waals surface area contributed by atoms with E-state index in [2.05, 4.69) is 19.9 Å². The molecule has 0 radical (unpaired) electrons. The third-order valence-electron chi connectivity index (χ3n) is 9.30. The maximum absolute atomic E-state index is 17.0. The van der Waals surface area contributed by atoms with Crippen molar-refractivity contribution in [2.45, 2.75) is 50.4 Å². The molecular formula is C37H37F3N4O5. The van der Waals surface area contributed by atoms with Crippen molar-refractivity contribution in [1.82, 2.24) is 19.9 Å². The number of hydrogen-bond acceptors (Lipinski definition) is 9. The van der Waals surface area contributed by atoms with Gasteiger partial charge in [0.25, 0.3) is 0 Å². The fourth-order valence-electron chi connectivity index (χ4n) is 7.06. The van der Waals surface area contributed by atoms with Crippen LogP contribution in [0.3, 0.4) is 0 Å². The van der Waals surface area contributed by atoms with Crippen LogP contribution in [0.2, 0.25) is 0 Å². The summed E-state index contributed by atoms with van der Waals surface area (Å²) in [5.41, 5.74) is 0.213. The Morgan fingerprint density at radius 3 is 2.76 bits per heavy atom. The van der Waals surface area contributed by atoms with E-state index in [4.69, 9.17) is 21.7 Å². The zero-order valence-electron chi connectivity index (χ0n) is 28.9. The average Bonchev–Trinajstić information content (AvgIpc) is 3.64. The minimum absolute atomic E-state index is 0.0336. The average molecular weight is 677 g/mol. The largest absolute Gasteiger partial charge is 0.472 e. The van der Waals surface area contributed by atoms with Crippen molar-refractivity contribution in [3.63, 3.8) is 0 Å². The molecule has 0 aliphatic carbocycles. The van der Waals surface area contributed by atoms with Gasteiger partial charge in [0.1, 0.15) is 42.2 Å². The van der Waals surface area contributed by atoms with Crippen LogP contribution in [0.25, 0.3) is 32.9 Å². The molecule has 1 N–H and O–H groups in total. The molecule has 2 aromatic heterocycles. The van der Waals surface area contributed by atoms with Crippen LogP contribution in [0.1, 0.15) is 39.6 Å². The highest BCUT2D eigenvalue weighted by Crippen LogP contribution is 2.42. The first-order valence-electron chi connectivity index (χ1n) is 17.2. The molecule has 2 aliphatic rings. The topological polar surface area (TPSA) is 99.1 Å². The Morgan fingerprint density at radius 2 is 1.94 bits per heavy atom. The van der Waals surface area contributed by atoms with Crippen LogP contribution >= 0.6 is 0 Å². The maximum Gasteiger partial charge on any atom is 0.320 e. The van der Waals surface area contributed by atoms with E-state index in [0.29, 0.717) is 18.4 Å². The molecule has 2 aliphatic heterocycles. The van der Waals surface area contributed by atoms with Crippen molar-refractivity contribution >= 4 is 21.7 Å². The van der Waals surface area contributed by atoms with E-state index in [1.807, 2.05) is 30.3 Å². The number of pyridine rings is 1. The number of alkyl halides is 1. The zero-order chi connectivity index (χ0) is 35.8. The molecule has 0 bridgehead atoms. The fourth-order valence-corrected chi connectivity index (χ4v) is 7.06. The Balaban J connectivity index is 1.36. The number of ether oxygens (including phenoxy) is 4. The number of benzene rings is 3. The van der Waals surface area contributed by atoms with Crippen LogP contribution in [-0.2, 0) is 17.8 Å². The summed E-state index contributed by atoms with van der Waals surface area (Å²) in [6.07, 6.45) is 1.80. The SMILES string of the molecule is [2H]C([2H])(O)CCc1c(F)ccc2cc(OCOC)cc(-c3ncc4c(OCc5ccccc5)nc(OC[C@@]56CCCN5C[C@H](F)C6)nc4c3F)c12. The molecule has 5 aromatic rings. The fraction of sp³-hybridized carbons (Fsp3) is 0.378. The second kappa shape index (κ2) is 14.1. The Labute approximate surface area is 284 Å². The Morgan fingerprint density at radius 1 is 1.08 bits per heavy atom.